The first-order valence-electron chi connectivity index (χ1n) is 11.0. The first-order chi connectivity index (χ1) is 14.7. The lowest BCUT2D eigenvalue weighted by atomic mass is 9.91. The summed E-state index contributed by atoms with van der Waals surface area (Å²) in [7, 11) is 1.40. The summed E-state index contributed by atoms with van der Waals surface area (Å²) >= 11 is 0. The zero-order valence-electron chi connectivity index (χ0n) is 17.4. The van der Waals surface area contributed by atoms with Gasteiger partial charge >= 0.3 is 12.0 Å². The van der Waals surface area contributed by atoms with Crippen LogP contribution in [-0.2, 0) is 9.53 Å². The largest absolute Gasteiger partial charge is 0.466 e. The van der Waals surface area contributed by atoms with Crippen LogP contribution < -0.4 is 5.32 Å². The van der Waals surface area contributed by atoms with Crippen molar-refractivity contribution in [3.8, 4) is 0 Å². The molecule has 6 nitrogen and oxygen atoms in total. The Morgan fingerprint density at radius 2 is 1.90 bits per heavy atom. The molecule has 1 N–H and O–H groups in total. The molecular formula is C24H28N2O4. The number of ether oxygens (including phenoxy) is 1. The van der Waals surface area contributed by atoms with Crippen LogP contribution in [0.4, 0.5) is 4.79 Å². The number of hydrogen-bond donors (Lipinski definition) is 1. The summed E-state index contributed by atoms with van der Waals surface area (Å²) in [6.45, 7) is 0. The van der Waals surface area contributed by atoms with Crippen LogP contribution in [0, 0.1) is 0 Å². The number of nitrogens with zero attached hydrogens (tertiary/aromatic N) is 1. The smallest absolute Gasteiger partial charge is 0.336 e. The first kappa shape index (κ1) is 19.2. The molecule has 2 aromatic rings. The van der Waals surface area contributed by atoms with Crippen molar-refractivity contribution in [2.45, 2.75) is 69.5 Å². The van der Waals surface area contributed by atoms with Gasteiger partial charge in [0.1, 0.15) is 11.3 Å². The van der Waals surface area contributed by atoms with E-state index in [2.05, 4.69) is 5.32 Å². The molecule has 1 aliphatic carbocycles. The minimum Gasteiger partial charge on any atom is -0.466 e. The summed E-state index contributed by atoms with van der Waals surface area (Å²) < 4.78 is 11.2. The van der Waals surface area contributed by atoms with Crippen LogP contribution in [0.2, 0.25) is 0 Å². The maximum atomic E-state index is 13.2. The number of fused-ring (bicyclic) bond motifs is 3. The van der Waals surface area contributed by atoms with E-state index in [1.807, 2.05) is 35.2 Å². The maximum Gasteiger partial charge on any atom is 0.336 e. The minimum atomic E-state index is -0.369. The summed E-state index contributed by atoms with van der Waals surface area (Å²) in [5.41, 5.74) is 2.26. The van der Waals surface area contributed by atoms with Crippen molar-refractivity contribution >= 4 is 28.5 Å². The molecule has 3 heterocycles. The molecule has 2 fully saturated rings. The monoisotopic (exact) mass is 408 g/mol. The Hall–Kier alpha value is -2.76. The van der Waals surface area contributed by atoms with Crippen LogP contribution in [0.1, 0.15) is 57.1 Å². The summed E-state index contributed by atoms with van der Waals surface area (Å²) in [6.07, 6.45) is 7.93. The molecule has 0 radical (unpaired) electrons. The molecule has 2 bridgehead atoms. The van der Waals surface area contributed by atoms with Gasteiger partial charge in [-0.3, -0.25) is 0 Å². The fourth-order valence-corrected chi connectivity index (χ4v) is 5.45. The van der Waals surface area contributed by atoms with Crippen LogP contribution in [0.15, 0.2) is 40.3 Å². The van der Waals surface area contributed by atoms with Gasteiger partial charge in [-0.2, -0.15) is 0 Å². The molecule has 3 aliphatic rings. The lowest BCUT2D eigenvalue weighted by Gasteiger charge is -2.38. The Kier molecular flexibility index (Phi) is 5.01. The Morgan fingerprint density at radius 1 is 1.10 bits per heavy atom. The van der Waals surface area contributed by atoms with Crippen LogP contribution in [0.25, 0.3) is 16.5 Å². The number of carbonyl (C=O) groups is 2. The van der Waals surface area contributed by atoms with Crippen molar-refractivity contribution in [3.63, 3.8) is 0 Å². The van der Waals surface area contributed by atoms with Gasteiger partial charge < -0.3 is 19.4 Å². The maximum absolute atomic E-state index is 13.2. The number of amides is 2. The minimum absolute atomic E-state index is 0.0422. The molecule has 1 aromatic carbocycles. The van der Waals surface area contributed by atoms with Gasteiger partial charge in [-0.1, -0.05) is 37.5 Å². The van der Waals surface area contributed by atoms with Crippen molar-refractivity contribution in [2.75, 3.05) is 7.11 Å². The third-order valence-corrected chi connectivity index (χ3v) is 6.90. The van der Waals surface area contributed by atoms with Gasteiger partial charge in [-0.25, -0.2) is 9.59 Å². The number of nitrogens with one attached hydrogen (secondary N) is 1. The number of methoxy groups -OCH3 is 1. The number of furan rings is 1. The van der Waals surface area contributed by atoms with Crippen LogP contribution in [-0.4, -0.2) is 42.1 Å². The summed E-state index contributed by atoms with van der Waals surface area (Å²) in [5, 5.41) is 4.24. The molecule has 158 valence electrons. The normalized spacial score (nSPS) is 24.4. The van der Waals surface area contributed by atoms with Gasteiger partial charge in [0.2, 0.25) is 0 Å². The van der Waals surface area contributed by atoms with Crippen molar-refractivity contribution in [3.05, 3.63) is 41.7 Å². The highest BCUT2D eigenvalue weighted by Crippen LogP contribution is 2.44. The highest BCUT2D eigenvalue weighted by atomic mass is 16.5. The Bertz CT molecular complexity index is 969. The highest BCUT2D eigenvalue weighted by Gasteiger charge is 2.47. The van der Waals surface area contributed by atoms with E-state index >= 15 is 0 Å². The quantitative estimate of drug-likeness (QED) is 0.751. The molecule has 2 amide bonds. The van der Waals surface area contributed by atoms with E-state index in [4.69, 9.17) is 9.15 Å². The van der Waals surface area contributed by atoms with E-state index in [0.29, 0.717) is 17.8 Å². The Morgan fingerprint density at radius 3 is 2.67 bits per heavy atom. The van der Waals surface area contributed by atoms with E-state index in [0.717, 1.165) is 42.2 Å². The second-order valence-corrected chi connectivity index (χ2v) is 8.68. The van der Waals surface area contributed by atoms with E-state index in [1.54, 1.807) is 0 Å². The Balaban J connectivity index is 1.49. The molecule has 5 rings (SSSR count). The molecule has 0 unspecified atom stereocenters. The zero-order valence-corrected chi connectivity index (χ0v) is 17.4. The molecule has 2 aliphatic heterocycles. The van der Waals surface area contributed by atoms with Crippen LogP contribution >= 0.6 is 0 Å². The molecule has 1 aromatic heterocycles. The molecular weight excluding hydrogens is 380 g/mol. The molecule has 0 spiro atoms. The number of benzene rings is 1. The lowest BCUT2D eigenvalue weighted by molar-refractivity contribution is -0.136. The zero-order chi connectivity index (χ0) is 20.7. The number of hydrogen-bond acceptors (Lipinski definition) is 4. The predicted octanol–water partition coefficient (Wildman–Crippen LogP) is 4.64. The first-order valence-corrected chi connectivity index (χ1v) is 11.0. The van der Waals surface area contributed by atoms with Gasteiger partial charge in [0.05, 0.1) is 18.7 Å². The van der Waals surface area contributed by atoms with Crippen LogP contribution in [0.3, 0.4) is 0 Å². The molecule has 6 heteroatoms. The van der Waals surface area contributed by atoms with Gasteiger partial charge in [-0.15, -0.1) is 0 Å². The van der Waals surface area contributed by atoms with Gasteiger partial charge in [-0.05, 0) is 44.2 Å². The van der Waals surface area contributed by atoms with Crippen molar-refractivity contribution in [2.24, 2.45) is 0 Å². The molecule has 1 saturated carbocycles. The average Bonchev–Trinajstić information content (AvgIpc) is 3.33. The third-order valence-electron chi connectivity index (χ3n) is 6.90. The fourth-order valence-electron chi connectivity index (χ4n) is 5.45. The number of urea groups is 1. The van der Waals surface area contributed by atoms with Crippen molar-refractivity contribution < 1.29 is 18.7 Å². The molecule has 30 heavy (non-hydrogen) atoms. The fraction of sp³-hybridized carbons (Fsp3) is 0.500. The third kappa shape index (κ3) is 3.28. The second-order valence-electron chi connectivity index (χ2n) is 8.68. The number of rotatable bonds is 3. The molecule has 1 saturated heterocycles. The number of esters is 1. The van der Waals surface area contributed by atoms with E-state index in [-0.39, 0.29) is 30.1 Å². The predicted molar refractivity (Wildman–Crippen MR) is 114 cm³/mol. The van der Waals surface area contributed by atoms with Crippen molar-refractivity contribution in [1.82, 2.24) is 10.2 Å². The second kappa shape index (κ2) is 7.82. The standard InChI is InChI=1S/C24H28N2O4/c1-29-23(27)22-18(21-13-15-7-5-6-10-20(15)30-21)14-17-11-12-19(22)26(17)24(28)25-16-8-3-2-4-9-16/h5-7,10,13,16-17,19H,2-4,8-9,11-12,14H2,1H3,(H,25,28)/t17-,19+/m0/s1. The van der Waals surface area contributed by atoms with E-state index < -0.39 is 0 Å². The Labute approximate surface area is 176 Å². The average molecular weight is 408 g/mol. The number of para-hydroxylation sites is 1. The molecule has 2 atom stereocenters. The van der Waals surface area contributed by atoms with Crippen LogP contribution in [0.5, 0.6) is 0 Å². The summed E-state index contributed by atoms with van der Waals surface area (Å²) in [6, 6.07) is 9.85. The van der Waals surface area contributed by atoms with Gasteiger partial charge in [0.15, 0.2) is 0 Å². The highest BCUT2D eigenvalue weighted by molar-refractivity contribution is 6.01. The van der Waals surface area contributed by atoms with E-state index in [9.17, 15) is 9.59 Å². The van der Waals surface area contributed by atoms with Gasteiger partial charge in [0, 0.05) is 23.0 Å². The van der Waals surface area contributed by atoms with Crippen molar-refractivity contribution in [1.29, 1.82) is 0 Å². The number of carbonyl (C=O) groups excluding carboxylic acids is 2. The summed E-state index contributed by atoms with van der Waals surface area (Å²) in [5.74, 6) is 0.340. The lowest BCUT2D eigenvalue weighted by Crippen LogP contribution is -2.53. The van der Waals surface area contributed by atoms with Gasteiger partial charge in [0.25, 0.3) is 0 Å². The topological polar surface area (TPSA) is 71.8 Å². The summed E-state index contributed by atoms with van der Waals surface area (Å²) in [4.78, 5) is 27.9. The van der Waals surface area contributed by atoms with E-state index in [1.165, 1.54) is 26.4 Å². The SMILES string of the molecule is COC(=O)C1=C(c2cc3ccccc3o2)C[C@@H]2CC[C@H]1N2C(=O)NC1CCCCC1.